The molecule has 162 valence electrons. The minimum absolute atomic E-state index is 0.00304. The zero-order valence-corrected chi connectivity index (χ0v) is 18.9. The Bertz CT molecular complexity index is 1180. The lowest BCUT2D eigenvalue weighted by Gasteiger charge is -2.39. The maximum Gasteiger partial charge on any atom is 0.176 e. The van der Waals surface area contributed by atoms with E-state index in [0.29, 0.717) is 17.9 Å². The van der Waals surface area contributed by atoms with Crippen molar-refractivity contribution in [3.8, 4) is 17.2 Å². The van der Waals surface area contributed by atoms with Crippen LogP contribution in [0.15, 0.2) is 31.0 Å². The Morgan fingerprint density at radius 3 is 2.55 bits per heavy atom. The molecule has 5 nitrogen and oxygen atoms in total. The third kappa shape index (κ3) is 4.00. The van der Waals surface area contributed by atoms with Crippen LogP contribution in [-0.4, -0.2) is 27.2 Å². The van der Waals surface area contributed by atoms with Crippen molar-refractivity contribution >= 4 is 23.1 Å². The van der Waals surface area contributed by atoms with E-state index in [0.717, 1.165) is 6.07 Å². The van der Waals surface area contributed by atoms with Crippen LogP contribution in [0.3, 0.4) is 0 Å². The molecule has 2 aromatic heterocycles. The second-order valence-corrected chi connectivity index (χ2v) is 8.93. The van der Waals surface area contributed by atoms with Crippen molar-refractivity contribution in [1.82, 2.24) is 14.6 Å². The van der Waals surface area contributed by atoms with Crippen LogP contribution in [-0.2, 0) is 0 Å². The van der Waals surface area contributed by atoms with Crippen LogP contribution in [0.5, 0.6) is 0 Å². The molecule has 0 saturated heterocycles. The molecule has 0 N–H and O–H groups in total. The smallest absolute Gasteiger partial charge is 0.176 e. The average molecular weight is 444 g/mol. The van der Waals surface area contributed by atoms with E-state index in [-0.39, 0.29) is 38.9 Å². The lowest BCUT2D eigenvalue weighted by Crippen LogP contribution is -2.43. The number of halogens is 3. The zero-order valence-electron chi connectivity index (χ0n) is 18.2. The molecule has 2 heterocycles. The molecule has 3 rings (SSSR count). The van der Waals surface area contributed by atoms with Gasteiger partial charge in [0.25, 0.3) is 0 Å². The van der Waals surface area contributed by atoms with E-state index in [4.69, 9.17) is 11.6 Å². The largest absolute Gasteiger partial charge is 0.349 e. The van der Waals surface area contributed by atoms with Crippen molar-refractivity contribution in [3.63, 3.8) is 0 Å². The van der Waals surface area contributed by atoms with E-state index < -0.39 is 11.6 Å². The van der Waals surface area contributed by atoms with E-state index in [9.17, 15) is 9.65 Å². The van der Waals surface area contributed by atoms with Crippen LogP contribution < -0.4 is 4.90 Å². The van der Waals surface area contributed by atoms with Gasteiger partial charge in [-0.2, -0.15) is 14.9 Å². The SMILES string of the molecule is C=CCN(c1c(-c2c(C)cc(F)cc2F)c(Cl)nc2c(C#N)cnn12)[C@H](C)C(C)(C)C. The maximum absolute atomic E-state index is 15.1. The third-order valence-electron chi connectivity index (χ3n) is 5.52. The molecule has 0 bridgehead atoms. The minimum atomic E-state index is -0.753. The van der Waals surface area contributed by atoms with Gasteiger partial charge in [-0.25, -0.2) is 13.8 Å². The van der Waals surface area contributed by atoms with Crippen LogP contribution in [0.2, 0.25) is 5.15 Å². The fourth-order valence-electron chi connectivity index (χ4n) is 3.56. The Hall–Kier alpha value is -2.98. The van der Waals surface area contributed by atoms with Crippen molar-refractivity contribution in [3.05, 3.63) is 58.9 Å². The molecule has 0 radical (unpaired) electrons. The highest BCUT2D eigenvalue weighted by Crippen LogP contribution is 2.42. The predicted octanol–water partition coefficient (Wildman–Crippen LogP) is 5.94. The standard InChI is InChI=1S/C23H24ClF2N5/c1-7-8-30(14(3)23(4,5)6)22-19(18-13(2)9-16(25)10-17(18)26)20(24)29-21-15(11-27)12-28-31(21)22/h7,9-10,12,14H,1,8H2,2-6H3/t14-/m1/s1. The van der Waals surface area contributed by atoms with Gasteiger partial charge in [-0.1, -0.05) is 38.4 Å². The predicted molar refractivity (Wildman–Crippen MR) is 119 cm³/mol. The first kappa shape index (κ1) is 22.7. The number of hydrogen-bond donors (Lipinski definition) is 0. The van der Waals surface area contributed by atoms with Crippen LogP contribution in [0.1, 0.15) is 38.8 Å². The van der Waals surface area contributed by atoms with Gasteiger partial charge in [0.2, 0.25) is 0 Å². The molecule has 0 aliphatic rings. The van der Waals surface area contributed by atoms with Crippen molar-refractivity contribution in [2.24, 2.45) is 5.41 Å². The highest BCUT2D eigenvalue weighted by Gasteiger charge is 2.32. The number of benzene rings is 1. The van der Waals surface area contributed by atoms with Gasteiger partial charge in [-0.15, -0.1) is 6.58 Å². The number of rotatable bonds is 5. The Kier molecular flexibility index (Phi) is 6.06. The molecular formula is C23H24ClF2N5. The number of anilines is 1. The summed E-state index contributed by atoms with van der Waals surface area (Å²) in [6.07, 6.45) is 3.13. The lowest BCUT2D eigenvalue weighted by atomic mass is 9.86. The number of aryl methyl sites for hydroxylation is 1. The van der Waals surface area contributed by atoms with Gasteiger partial charge in [0.05, 0.1) is 11.8 Å². The maximum atomic E-state index is 15.1. The van der Waals surface area contributed by atoms with Crippen LogP contribution in [0, 0.1) is 35.3 Å². The summed E-state index contributed by atoms with van der Waals surface area (Å²) in [6.45, 7) is 14.2. The fourth-order valence-corrected chi connectivity index (χ4v) is 3.82. The molecule has 0 amide bonds. The Morgan fingerprint density at radius 1 is 1.32 bits per heavy atom. The summed E-state index contributed by atoms with van der Waals surface area (Å²) in [5, 5.41) is 13.8. The minimum Gasteiger partial charge on any atom is -0.349 e. The van der Waals surface area contributed by atoms with Gasteiger partial charge < -0.3 is 4.90 Å². The quantitative estimate of drug-likeness (QED) is 0.362. The molecule has 0 unspecified atom stereocenters. The summed E-state index contributed by atoms with van der Waals surface area (Å²) in [7, 11) is 0. The van der Waals surface area contributed by atoms with Gasteiger partial charge in [0.15, 0.2) is 5.65 Å². The molecule has 0 aliphatic carbocycles. The van der Waals surface area contributed by atoms with Gasteiger partial charge >= 0.3 is 0 Å². The summed E-state index contributed by atoms with van der Waals surface area (Å²) in [5.41, 5.74) is 1.13. The highest BCUT2D eigenvalue weighted by molar-refractivity contribution is 6.33. The zero-order chi connectivity index (χ0) is 23.1. The average Bonchev–Trinajstić information content (AvgIpc) is 3.07. The second kappa shape index (κ2) is 8.27. The van der Waals surface area contributed by atoms with Crippen molar-refractivity contribution in [2.75, 3.05) is 11.4 Å². The first-order valence-corrected chi connectivity index (χ1v) is 10.2. The summed E-state index contributed by atoms with van der Waals surface area (Å²) in [5.74, 6) is -0.966. The van der Waals surface area contributed by atoms with Crippen LogP contribution in [0.4, 0.5) is 14.6 Å². The third-order valence-corrected chi connectivity index (χ3v) is 5.79. The summed E-state index contributed by atoms with van der Waals surface area (Å²) < 4.78 is 30.4. The van der Waals surface area contributed by atoms with Crippen LogP contribution >= 0.6 is 11.6 Å². The van der Waals surface area contributed by atoms with Crippen molar-refractivity contribution in [2.45, 2.75) is 40.7 Å². The van der Waals surface area contributed by atoms with Crippen LogP contribution in [0.25, 0.3) is 16.8 Å². The molecule has 0 spiro atoms. The molecule has 0 aliphatic heterocycles. The molecule has 0 saturated carbocycles. The van der Waals surface area contributed by atoms with E-state index >= 15 is 4.39 Å². The van der Waals surface area contributed by atoms with E-state index in [1.807, 2.05) is 11.8 Å². The molecule has 3 aromatic rings. The number of nitriles is 1. The highest BCUT2D eigenvalue weighted by atomic mass is 35.5. The first-order chi connectivity index (χ1) is 14.5. The normalized spacial score (nSPS) is 12.6. The molecule has 1 atom stereocenters. The van der Waals surface area contributed by atoms with Gasteiger partial charge in [-0.05, 0) is 30.9 Å². The monoisotopic (exact) mass is 443 g/mol. The van der Waals surface area contributed by atoms with E-state index in [1.165, 1.54) is 16.8 Å². The number of nitrogens with zero attached hydrogens (tertiary/aromatic N) is 5. The van der Waals surface area contributed by atoms with Gasteiger partial charge in [0.1, 0.15) is 34.2 Å². The van der Waals surface area contributed by atoms with Gasteiger partial charge in [-0.3, -0.25) is 0 Å². The Morgan fingerprint density at radius 2 is 2.00 bits per heavy atom. The number of aromatic nitrogens is 3. The summed E-state index contributed by atoms with van der Waals surface area (Å²) in [6, 6.07) is 4.06. The number of hydrogen-bond acceptors (Lipinski definition) is 4. The summed E-state index contributed by atoms with van der Waals surface area (Å²) in [4.78, 5) is 6.34. The molecule has 31 heavy (non-hydrogen) atoms. The molecule has 0 fully saturated rings. The second-order valence-electron chi connectivity index (χ2n) is 8.57. The summed E-state index contributed by atoms with van der Waals surface area (Å²) >= 11 is 6.60. The van der Waals surface area contributed by atoms with E-state index in [1.54, 1.807) is 13.0 Å². The Balaban J connectivity index is 2.50. The van der Waals surface area contributed by atoms with Crippen molar-refractivity contribution in [1.29, 1.82) is 5.26 Å². The van der Waals surface area contributed by atoms with Gasteiger partial charge in [0, 0.05) is 24.2 Å². The first-order valence-electron chi connectivity index (χ1n) is 9.82. The molecular weight excluding hydrogens is 420 g/mol. The number of fused-ring (bicyclic) bond motifs is 1. The topological polar surface area (TPSA) is 57.2 Å². The molecule has 8 heteroatoms. The Labute approximate surface area is 185 Å². The lowest BCUT2D eigenvalue weighted by molar-refractivity contribution is 0.323. The molecule has 1 aromatic carbocycles. The van der Waals surface area contributed by atoms with E-state index in [2.05, 4.69) is 43.5 Å². The fraction of sp³-hybridized carbons (Fsp3) is 0.348. The van der Waals surface area contributed by atoms with Crippen molar-refractivity contribution < 1.29 is 8.78 Å².